The molecule has 0 spiro atoms. The smallest absolute Gasteiger partial charge is 0.424 e. The molecule has 0 fully saturated rings. The number of carbonyl (C=O) groups is 1. The van der Waals surface area contributed by atoms with Crippen molar-refractivity contribution in [2.45, 2.75) is 17.0 Å². The number of halogens is 4. The van der Waals surface area contributed by atoms with Crippen molar-refractivity contribution in [1.82, 2.24) is 5.32 Å². The highest BCUT2D eigenvalue weighted by Crippen LogP contribution is 2.46. The molecule has 2 aromatic carbocycles. The van der Waals surface area contributed by atoms with Crippen molar-refractivity contribution in [1.29, 1.82) is 0 Å². The molecule has 0 saturated carbocycles. The topological polar surface area (TPSA) is 47.6 Å². The molecule has 2 aromatic rings. The second-order valence-electron chi connectivity index (χ2n) is 4.74. The van der Waals surface area contributed by atoms with E-state index >= 15 is 0 Å². The normalized spacial score (nSPS) is 19.2. The van der Waals surface area contributed by atoms with Crippen LogP contribution in [0.5, 0.6) is 11.5 Å². The van der Waals surface area contributed by atoms with E-state index in [0.717, 1.165) is 0 Å². The lowest BCUT2D eigenvalue weighted by Crippen LogP contribution is -2.64. The molecular weight excluding hydrogens is 367 g/mol. The second kappa shape index (κ2) is 6.10. The Labute approximate surface area is 143 Å². The molecule has 1 aliphatic heterocycles. The SMILES string of the molecule is O=C(N[C@@]1(C(F)(F)F)Oc2ccc(Cl)cc2O1)Sc1ccccc1. The molecule has 9 heteroatoms. The van der Waals surface area contributed by atoms with Crippen LogP contribution in [-0.2, 0) is 0 Å². The van der Waals surface area contributed by atoms with Crippen molar-refractivity contribution >= 4 is 28.6 Å². The summed E-state index contributed by atoms with van der Waals surface area (Å²) in [7, 11) is 0. The molecule has 126 valence electrons. The van der Waals surface area contributed by atoms with Crippen LogP contribution < -0.4 is 14.8 Å². The number of thioether (sulfide) groups is 1. The van der Waals surface area contributed by atoms with Crippen LogP contribution in [0.1, 0.15) is 0 Å². The lowest BCUT2D eigenvalue weighted by atomic mass is 10.3. The van der Waals surface area contributed by atoms with E-state index in [-0.39, 0.29) is 16.5 Å². The largest absolute Gasteiger partial charge is 0.492 e. The summed E-state index contributed by atoms with van der Waals surface area (Å²) in [5, 5.41) is 0.965. The van der Waals surface area contributed by atoms with Gasteiger partial charge in [-0.3, -0.25) is 10.1 Å². The van der Waals surface area contributed by atoms with Gasteiger partial charge in [0.2, 0.25) is 0 Å². The van der Waals surface area contributed by atoms with Gasteiger partial charge in [-0.15, -0.1) is 0 Å². The van der Waals surface area contributed by atoms with Crippen molar-refractivity contribution in [2.24, 2.45) is 0 Å². The number of hydrogen-bond donors (Lipinski definition) is 1. The van der Waals surface area contributed by atoms with Gasteiger partial charge < -0.3 is 9.47 Å². The van der Waals surface area contributed by atoms with E-state index in [9.17, 15) is 18.0 Å². The van der Waals surface area contributed by atoms with Gasteiger partial charge in [-0.25, -0.2) is 0 Å². The van der Waals surface area contributed by atoms with Crippen LogP contribution in [-0.4, -0.2) is 17.3 Å². The molecule has 0 bridgehead atoms. The lowest BCUT2D eigenvalue weighted by Gasteiger charge is -2.29. The first-order chi connectivity index (χ1) is 11.3. The highest BCUT2D eigenvalue weighted by molar-refractivity contribution is 8.13. The minimum atomic E-state index is -5.01. The van der Waals surface area contributed by atoms with Crippen LogP contribution >= 0.6 is 23.4 Å². The zero-order chi connectivity index (χ0) is 17.4. The van der Waals surface area contributed by atoms with Crippen LogP contribution in [0.2, 0.25) is 5.02 Å². The molecule has 3 rings (SSSR count). The molecule has 0 saturated heterocycles. The molecule has 24 heavy (non-hydrogen) atoms. The van der Waals surface area contributed by atoms with Crippen molar-refractivity contribution in [3.8, 4) is 11.5 Å². The van der Waals surface area contributed by atoms with Crippen LogP contribution in [0.25, 0.3) is 0 Å². The fourth-order valence-corrected chi connectivity index (χ4v) is 2.82. The number of benzene rings is 2. The van der Waals surface area contributed by atoms with E-state index in [2.05, 4.69) is 0 Å². The summed E-state index contributed by atoms with van der Waals surface area (Å²) in [5.41, 5.74) is 0. The third-order valence-corrected chi connectivity index (χ3v) is 4.04. The van der Waals surface area contributed by atoms with Crippen molar-refractivity contribution < 1.29 is 27.4 Å². The molecule has 0 unspecified atom stereocenters. The quantitative estimate of drug-likeness (QED) is 0.764. The van der Waals surface area contributed by atoms with Gasteiger partial charge in [-0.2, -0.15) is 13.2 Å². The van der Waals surface area contributed by atoms with Crippen molar-refractivity contribution in [3.63, 3.8) is 0 Å². The summed E-state index contributed by atoms with van der Waals surface area (Å²) in [6, 6.07) is 12.0. The first kappa shape index (κ1) is 16.8. The number of ether oxygens (including phenoxy) is 2. The molecule has 1 atom stereocenters. The van der Waals surface area contributed by atoms with Gasteiger partial charge in [0.15, 0.2) is 11.5 Å². The summed E-state index contributed by atoms with van der Waals surface area (Å²) < 4.78 is 50.2. The minimum Gasteiger partial charge on any atom is -0.424 e. The second-order valence-corrected chi connectivity index (χ2v) is 6.22. The maximum absolute atomic E-state index is 13.5. The molecule has 1 aliphatic rings. The predicted octanol–water partition coefficient (Wildman–Crippen LogP) is 4.83. The Kier molecular flexibility index (Phi) is 4.27. The Morgan fingerprint density at radius 2 is 1.75 bits per heavy atom. The minimum absolute atomic E-state index is 0.165. The van der Waals surface area contributed by atoms with Gasteiger partial charge in [0.1, 0.15) is 0 Å². The van der Waals surface area contributed by atoms with Crippen molar-refractivity contribution in [2.75, 3.05) is 0 Å². The van der Waals surface area contributed by atoms with E-state index < -0.39 is 17.3 Å². The van der Waals surface area contributed by atoms with Gasteiger partial charge in [-0.05, 0) is 36.0 Å². The van der Waals surface area contributed by atoms with Gasteiger partial charge in [0.05, 0.1) is 0 Å². The van der Waals surface area contributed by atoms with Gasteiger partial charge in [-0.1, -0.05) is 29.8 Å². The molecule has 0 aliphatic carbocycles. The van der Waals surface area contributed by atoms with E-state index in [0.29, 0.717) is 16.7 Å². The Bertz CT molecular complexity index is 772. The van der Waals surface area contributed by atoms with Crippen molar-refractivity contribution in [3.05, 3.63) is 53.6 Å². The Morgan fingerprint density at radius 1 is 1.08 bits per heavy atom. The van der Waals surface area contributed by atoms with Crippen LogP contribution in [0.3, 0.4) is 0 Å². The first-order valence-electron chi connectivity index (χ1n) is 6.58. The molecule has 1 amide bonds. The standard InChI is InChI=1S/C15H9ClF3NO3S/c16-9-6-7-11-12(8-9)23-15(22-11,14(17,18)19)20-13(21)24-10-4-2-1-3-5-10/h1-8H,(H,20,21)/t15-/m0/s1. The zero-order valence-corrected chi connectivity index (χ0v) is 13.3. The fourth-order valence-electron chi connectivity index (χ4n) is 1.97. The summed E-state index contributed by atoms with van der Waals surface area (Å²) in [4.78, 5) is 12.5. The van der Waals surface area contributed by atoms with E-state index in [1.54, 1.807) is 35.6 Å². The molecule has 4 nitrogen and oxygen atoms in total. The number of carbonyl (C=O) groups excluding carboxylic acids is 1. The molecular formula is C15H9ClF3NO3S. The first-order valence-corrected chi connectivity index (χ1v) is 7.78. The number of rotatable bonds is 2. The molecule has 0 radical (unpaired) electrons. The number of alkyl halides is 3. The van der Waals surface area contributed by atoms with Gasteiger partial charge in [0.25, 0.3) is 5.24 Å². The van der Waals surface area contributed by atoms with Crippen LogP contribution in [0.15, 0.2) is 53.4 Å². The van der Waals surface area contributed by atoms with E-state index in [4.69, 9.17) is 21.1 Å². The number of hydrogen-bond acceptors (Lipinski definition) is 4. The Balaban J connectivity index is 1.83. The summed E-state index contributed by atoms with van der Waals surface area (Å²) in [6.45, 7) is 0. The highest BCUT2D eigenvalue weighted by Gasteiger charge is 2.65. The molecule has 0 aromatic heterocycles. The molecule has 1 heterocycles. The maximum atomic E-state index is 13.5. The Morgan fingerprint density at radius 3 is 2.42 bits per heavy atom. The lowest BCUT2D eigenvalue weighted by molar-refractivity contribution is -0.316. The maximum Gasteiger partial charge on any atom is 0.492 e. The van der Waals surface area contributed by atoms with E-state index in [1.165, 1.54) is 18.2 Å². The predicted molar refractivity (Wildman–Crippen MR) is 82.3 cm³/mol. The Hall–Kier alpha value is -2.06. The number of nitrogens with one attached hydrogen (secondary N) is 1. The summed E-state index contributed by atoms with van der Waals surface area (Å²) in [5.74, 6) is -3.66. The number of fused-ring (bicyclic) bond motifs is 1. The summed E-state index contributed by atoms with van der Waals surface area (Å²) in [6.07, 6.45) is -5.01. The van der Waals surface area contributed by atoms with Gasteiger partial charge in [0, 0.05) is 16.0 Å². The van der Waals surface area contributed by atoms with Crippen LogP contribution in [0, 0.1) is 0 Å². The van der Waals surface area contributed by atoms with Gasteiger partial charge >= 0.3 is 12.1 Å². The third-order valence-electron chi connectivity index (χ3n) is 3.01. The van der Waals surface area contributed by atoms with Crippen LogP contribution in [0.4, 0.5) is 18.0 Å². The average Bonchev–Trinajstić information content (AvgIpc) is 2.86. The monoisotopic (exact) mass is 375 g/mol. The number of amides is 1. The zero-order valence-electron chi connectivity index (χ0n) is 11.8. The highest BCUT2D eigenvalue weighted by atomic mass is 35.5. The summed E-state index contributed by atoms with van der Waals surface area (Å²) >= 11 is 6.33. The molecule has 1 N–H and O–H groups in total. The average molecular weight is 376 g/mol. The third kappa shape index (κ3) is 3.25. The van der Waals surface area contributed by atoms with E-state index in [1.807, 2.05) is 0 Å². The fraction of sp³-hybridized carbons (Fsp3) is 0.133.